The van der Waals surface area contributed by atoms with Gasteiger partial charge in [0, 0.05) is 12.6 Å². The van der Waals surface area contributed by atoms with E-state index >= 15 is 0 Å². The van der Waals surface area contributed by atoms with E-state index in [1.807, 2.05) is 61.5 Å². The Morgan fingerprint density at radius 1 is 0.881 bits per heavy atom. The van der Waals surface area contributed by atoms with Crippen LogP contribution in [-0.4, -0.2) is 50.0 Å². The van der Waals surface area contributed by atoms with Crippen molar-refractivity contribution in [2.24, 2.45) is 0 Å². The van der Waals surface area contributed by atoms with Crippen LogP contribution in [0.25, 0.3) is 11.1 Å². The minimum absolute atomic E-state index is 0.237. The Balaban J connectivity index is 1.30. The first-order valence-electron chi connectivity index (χ1n) is 13.4. The fraction of sp³-hybridized carbons (Fsp3) is 0.219. The van der Waals surface area contributed by atoms with Gasteiger partial charge in [-0.1, -0.05) is 60.7 Å². The largest absolute Gasteiger partial charge is 0.492 e. The zero-order chi connectivity index (χ0) is 30.1. The summed E-state index contributed by atoms with van der Waals surface area (Å²) in [5.74, 6) is 0.0764. The fourth-order valence-electron chi connectivity index (χ4n) is 4.28. The van der Waals surface area contributed by atoms with Crippen LogP contribution in [-0.2, 0) is 16.6 Å². The van der Waals surface area contributed by atoms with E-state index in [9.17, 15) is 18.3 Å². The highest BCUT2D eigenvalue weighted by atomic mass is 32.2. The maximum absolute atomic E-state index is 12.0. The van der Waals surface area contributed by atoms with Crippen LogP contribution < -0.4 is 19.5 Å². The molecule has 0 aliphatic rings. The molecule has 9 nitrogen and oxygen atoms in total. The lowest BCUT2D eigenvalue weighted by atomic mass is 10.0. The van der Waals surface area contributed by atoms with Gasteiger partial charge in [-0.15, -0.1) is 0 Å². The molecule has 220 valence electrons. The van der Waals surface area contributed by atoms with E-state index in [1.54, 1.807) is 42.5 Å². The summed E-state index contributed by atoms with van der Waals surface area (Å²) in [5.41, 5.74) is 3.80. The molecular weight excluding hydrogens is 556 g/mol. The molecule has 10 heteroatoms. The molecule has 0 saturated heterocycles. The smallest absolute Gasteiger partial charge is 0.335 e. The molecule has 0 aliphatic carbocycles. The van der Waals surface area contributed by atoms with E-state index in [0.29, 0.717) is 30.2 Å². The highest BCUT2D eigenvalue weighted by molar-refractivity contribution is 7.92. The average molecular weight is 591 g/mol. The Hall–Kier alpha value is -4.38. The van der Waals surface area contributed by atoms with Crippen molar-refractivity contribution in [3.05, 3.63) is 114 Å². The van der Waals surface area contributed by atoms with Crippen LogP contribution in [0.5, 0.6) is 11.5 Å². The maximum atomic E-state index is 12.0. The van der Waals surface area contributed by atoms with Gasteiger partial charge in [-0.05, 0) is 65.6 Å². The highest BCUT2D eigenvalue weighted by Gasteiger charge is 2.19. The molecule has 0 unspecified atom stereocenters. The number of ether oxygens (including phenoxy) is 2. The number of carboxylic acid groups (broad SMARTS) is 1. The molecule has 4 rings (SSSR count). The van der Waals surface area contributed by atoms with Crippen molar-refractivity contribution in [2.45, 2.75) is 25.7 Å². The first kappa shape index (κ1) is 30.6. The van der Waals surface area contributed by atoms with Gasteiger partial charge in [0.1, 0.15) is 24.7 Å². The number of benzene rings is 4. The summed E-state index contributed by atoms with van der Waals surface area (Å²) in [6.07, 6.45) is 0.146. The van der Waals surface area contributed by atoms with E-state index in [1.165, 1.54) is 0 Å². The molecule has 4 N–H and O–H groups in total. The molecule has 0 spiro atoms. The molecule has 0 saturated carbocycles. The number of aliphatic hydroxyl groups is 1. The molecule has 0 heterocycles. The van der Waals surface area contributed by atoms with Gasteiger partial charge >= 0.3 is 5.97 Å². The van der Waals surface area contributed by atoms with Gasteiger partial charge in [-0.3, -0.25) is 4.72 Å². The van der Waals surface area contributed by atoms with Crippen molar-refractivity contribution >= 4 is 21.7 Å². The summed E-state index contributed by atoms with van der Waals surface area (Å²) in [4.78, 5) is 11.0. The van der Waals surface area contributed by atoms with Crippen LogP contribution in [0.1, 0.15) is 34.5 Å². The topological polar surface area (TPSA) is 134 Å². The molecule has 0 bridgehead atoms. The third-order valence-corrected chi connectivity index (χ3v) is 7.10. The molecule has 0 fully saturated rings. The quantitative estimate of drug-likeness (QED) is 0.149. The Kier molecular flexibility index (Phi) is 10.2. The van der Waals surface area contributed by atoms with Crippen LogP contribution in [0, 0.1) is 0 Å². The number of hydrogen-bond donors (Lipinski definition) is 4. The SMILES string of the molecule is C[C@H](NCCOc1ccc(-c2ccc(C(=O)O)cc2)cc1)[C@H](O)c1ccc(OCc2ccccc2)c(NS(C)(=O)=O)c1. The molecule has 0 aromatic heterocycles. The first-order valence-corrected chi connectivity index (χ1v) is 15.2. The average Bonchev–Trinajstić information content (AvgIpc) is 2.98. The summed E-state index contributed by atoms with van der Waals surface area (Å²) < 4.78 is 38.1. The van der Waals surface area contributed by atoms with Crippen molar-refractivity contribution in [1.29, 1.82) is 0 Å². The second-order valence-electron chi connectivity index (χ2n) is 9.85. The second kappa shape index (κ2) is 14.0. The third kappa shape index (κ3) is 8.81. The predicted molar refractivity (Wildman–Crippen MR) is 162 cm³/mol. The summed E-state index contributed by atoms with van der Waals surface area (Å²) in [5, 5.41) is 23.3. The van der Waals surface area contributed by atoms with Gasteiger partial charge in [-0.2, -0.15) is 0 Å². The Morgan fingerprint density at radius 3 is 2.14 bits per heavy atom. The van der Waals surface area contributed by atoms with Gasteiger partial charge in [0.05, 0.1) is 23.6 Å². The number of aromatic carboxylic acids is 1. The van der Waals surface area contributed by atoms with E-state index in [2.05, 4.69) is 10.0 Å². The van der Waals surface area contributed by atoms with E-state index in [0.717, 1.165) is 22.9 Å². The lowest BCUT2D eigenvalue weighted by molar-refractivity contribution is 0.0697. The highest BCUT2D eigenvalue weighted by Crippen LogP contribution is 2.31. The standard InChI is InChI=1S/C32H34N2O7S/c1-22(33-18-19-40-28-15-12-25(13-16-28)24-8-10-26(11-9-24)32(36)37)31(35)27-14-17-30(29(20-27)34-42(2,38)39)41-21-23-6-4-3-5-7-23/h3-17,20,22,31,33-35H,18-19,21H2,1-2H3,(H,36,37)/t22-,31-/m0/s1. The number of carbonyl (C=O) groups is 1. The zero-order valence-electron chi connectivity index (χ0n) is 23.4. The van der Waals surface area contributed by atoms with Crippen LogP contribution >= 0.6 is 0 Å². The fourth-order valence-corrected chi connectivity index (χ4v) is 4.84. The zero-order valence-corrected chi connectivity index (χ0v) is 24.2. The number of anilines is 1. The Morgan fingerprint density at radius 2 is 1.52 bits per heavy atom. The number of hydrogen-bond acceptors (Lipinski definition) is 7. The van der Waals surface area contributed by atoms with Gasteiger partial charge in [0.15, 0.2) is 0 Å². The summed E-state index contributed by atoms with van der Waals surface area (Å²) >= 11 is 0. The van der Waals surface area contributed by atoms with Gasteiger partial charge in [0.25, 0.3) is 0 Å². The summed E-state index contributed by atoms with van der Waals surface area (Å²) in [6, 6.07) is 28.3. The van der Waals surface area contributed by atoms with Gasteiger partial charge in [-0.25, -0.2) is 13.2 Å². The monoisotopic (exact) mass is 590 g/mol. The summed E-state index contributed by atoms with van der Waals surface area (Å²) in [7, 11) is -3.58. The molecule has 4 aromatic carbocycles. The Labute approximate surface area is 245 Å². The molecular formula is C32H34N2O7S. The first-order chi connectivity index (χ1) is 20.1. The molecule has 0 amide bonds. The normalized spacial score (nSPS) is 12.7. The van der Waals surface area contributed by atoms with E-state index in [-0.39, 0.29) is 23.9 Å². The molecule has 0 radical (unpaired) electrons. The Bertz CT molecular complexity index is 1580. The predicted octanol–water partition coefficient (Wildman–Crippen LogP) is 5.09. The van der Waals surface area contributed by atoms with Crippen molar-refractivity contribution in [2.75, 3.05) is 24.1 Å². The number of rotatable bonds is 14. The molecule has 4 aromatic rings. The van der Waals surface area contributed by atoms with Crippen molar-refractivity contribution in [3.8, 4) is 22.6 Å². The van der Waals surface area contributed by atoms with Crippen LogP contribution in [0.4, 0.5) is 5.69 Å². The lowest BCUT2D eigenvalue weighted by Crippen LogP contribution is -2.35. The van der Waals surface area contributed by atoms with Crippen molar-refractivity contribution in [1.82, 2.24) is 5.32 Å². The van der Waals surface area contributed by atoms with E-state index in [4.69, 9.17) is 14.6 Å². The number of aliphatic hydroxyl groups excluding tert-OH is 1. The number of nitrogens with one attached hydrogen (secondary N) is 2. The van der Waals surface area contributed by atoms with Gasteiger partial charge in [0.2, 0.25) is 10.0 Å². The van der Waals surface area contributed by atoms with Crippen LogP contribution in [0.2, 0.25) is 0 Å². The minimum Gasteiger partial charge on any atom is -0.492 e. The molecule has 2 atom stereocenters. The number of carboxylic acids is 1. The minimum atomic E-state index is -3.58. The molecule has 42 heavy (non-hydrogen) atoms. The second-order valence-corrected chi connectivity index (χ2v) is 11.6. The van der Waals surface area contributed by atoms with Crippen molar-refractivity contribution < 1.29 is 32.9 Å². The number of sulfonamides is 1. The molecule has 0 aliphatic heterocycles. The third-order valence-electron chi connectivity index (χ3n) is 6.51. The van der Waals surface area contributed by atoms with Crippen LogP contribution in [0.3, 0.4) is 0 Å². The lowest BCUT2D eigenvalue weighted by Gasteiger charge is -2.22. The van der Waals surface area contributed by atoms with Crippen molar-refractivity contribution in [3.63, 3.8) is 0 Å². The maximum Gasteiger partial charge on any atom is 0.335 e. The van der Waals surface area contributed by atoms with Crippen LogP contribution in [0.15, 0.2) is 97.1 Å². The van der Waals surface area contributed by atoms with Gasteiger partial charge < -0.3 is 25.0 Å². The summed E-state index contributed by atoms with van der Waals surface area (Å²) in [6.45, 7) is 2.92. The van der Waals surface area contributed by atoms with E-state index < -0.39 is 22.1 Å².